The van der Waals surface area contributed by atoms with E-state index >= 15 is 0 Å². The molecule has 0 radical (unpaired) electrons. The fourth-order valence-corrected chi connectivity index (χ4v) is 1.77. The topological polar surface area (TPSA) is 69.6 Å². The van der Waals surface area contributed by atoms with E-state index in [1.165, 1.54) is 4.90 Å². The molecule has 2 amide bonds. The van der Waals surface area contributed by atoms with Crippen LogP contribution in [0.15, 0.2) is 30.3 Å². The summed E-state index contributed by atoms with van der Waals surface area (Å²) < 4.78 is 0. The average molecular weight is 278 g/mol. The van der Waals surface area contributed by atoms with Gasteiger partial charge in [0.1, 0.15) is 0 Å². The molecule has 5 heteroatoms. The van der Waals surface area contributed by atoms with Crippen LogP contribution in [-0.4, -0.2) is 48.1 Å². The number of likely N-dealkylation sites (N-methyl/N-ethyl adjacent to an activating group) is 1. The molecule has 0 aromatic heterocycles. The van der Waals surface area contributed by atoms with Crippen molar-refractivity contribution in [2.45, 2.75) is 25.9 Å². The van der Waals surface area contributed by atoms with Crippen LogP contribution in [0.25, 0.3) is 0 Å². The number of hydrogen-bond donors (Lipinski definition) is 2. The van der Waals surface area contributed by atoms with E-state index in [9.17, 15) is 9.59 Å². The third kappa shape index (κ3) is 5.84. The van der Waals surface area contributed by atoms with Gasteiger partial charge in [-0.1, -0.05) is 18.2 Å². The van der Waals surface area contributed by atoms with Crippen molar-refractivity contribution in [2.24, 2.45) is 0 Å². The number of hydrogen-bond acceptors (Lipinski definition) is 3. The molecule has 0 saturated carbocycles. The van der Waals surface area contributed by atoms with Crippen molar-refractivity contribution in [1.82, 2.24) is 10.2 Å². The fourth-order valence-electron chi connectivity index (χ4n) is 1.77. The van der Waals surface area contributed by atoms with Gasteiger partial charge in [0.2, 0.25) is 5.91 Å². The zero-order valence-corrected chi connectivity index (χ0v) is 12.0. The molecule has 0 spiro atoms. The molecule has 110 valence electrons. The van der Waals surface area contributed by atoms with Crippen molar-refractivity contribution < 1.29 is 14.7 Å². The number of aliphatic hydroxyl groups is 1. The van der Waals surface area contributed by atoms with E-state index in [-0.39, 0.29) is 24.5 Å². The highest BCUT2D eigenvalue weighted by Crippen LogP contribution is 2.02. The van der Waals surface area contributed by atoms with Crippen LogP contribution in [0.1, 0.15) is 30.1 Å². The summed E-state index contributed by atoms with van der Waals surface area (Å²) in [7, 11) is 1.60. The first-order valence-electron chi connectivity index (χ1n) is 6.76. The summed E-state index contributed by atoms with van der Waals surface area (Å²) in [5.41, 5.74) is 0.567. The van der Waals surface area contributed by atoms with Crippen molar-refractivity contribution in [3.63, 3.8) is 0 Å². The molecule has 0 aliphatic heterocycles. The van der Waals surface area contributed by atoms with Crippen molar-refractivity contribution in [3.8, 4) is 0 Å². The van der Waals surface area contributed by atoms with Crippen molar-refractivity contribution >= 4 is 11.8 Å². The Morgan fingerprint density at radius 3 is 2.55 bits per heavy atom. The first kappa shape index (κ1) is 16.2. The van der Waals surface area contributed by atoms with Gasteiger partial charge < -0.3 is 15.3 Å². The summed E-state index contributed by atoms with van der Waals surface area (Å²) in [6.45, 7) is 2.26. The third-order valence-electron chi connectivity index (χ3n) is 2.87. The standard InChI is InChI=1S/C15H22N2O3/c1-12(18)7-6-10-16-14(19)11-17(2)15(20)13-8-4-3-5-9-13/h3-5,8-9,12,18H,6-7,10-11H2,1-2H3,(H,16,19). The second-order valence-corrected chi connectivity index (χ2v) is 4.87. The second-order valence-electron chi connectivity index (χ2n) is 4.87. The highest BCUT2D eigenvalue weighted by atomic mass is 16.3. The lowest BCUT2D eigenvalue weighted by Gasteiger charge is -2.17. The molecule has 20 heavy (non-hydrogen) atoms. The summed E-state index contributed by atoms with van der Waals surface area (Å²) in [4.78, 5) is 25.1. The van der Waals surface area contributed by atoms with Gasteiger partial charge in [0.15, 0.2) is 0 Å². The first-order chi connectivity index (χ1) is 9.50. The lowest BCUT2D eigenvalue weighted by atomic mass is 10.2. The molecular formula is C15H22N2O3. The predicted molar refractivity (Wildman–Crippen MR) is 77.3 cm³/mol. The largest absolute Gasteiger partial charge is 0.393 e. The first-order valence-corrected chi connectivity index (χ1v) is 6.76. The highest BCUT2D eigenvalue weighted by molar-refractivity contribution is 5.96. The van der Waals surface area contributed by atoms with Crippen LogP contribution in [0.3, 0.4) is 0 Å². The van der Waals surface area contributed by atoms with Crippen LogP contribution >= 0.6 is 0 Å². The molecule has 1 unspecified atom stereocenters. The van der Waals surface area contributed by atoms with E-state index in [4.69, 9.17) is 5.11 Å². The Balaban J connectivity index is 2.33. The van der Waals surface area contributed by atoms with E-state index < -0.39 is 0 Å². The number of nitrogens with zero attached hydrogens (tertiary/aromatic N) is 1. The highest BCUT2D eigenvalue weighted by Gasteiger charge is 2.14. The molecule has 1 aromatic carbocycles. The lowest BCUT2D eigenvalue weighted by molar-refractivity contribution is -0.121. The van der Waals surface area contributed by atoms with Crippen LogP contribution in [-0.2, 0) is 4.79 Å². The lowest BCUT2D eigenvalue weighted by Crippen LogP contribution is -2.38. The zero-order chi connectivity index (χ0) is 15.0. The number of carbonyl (C=O) groups is 2. The Bertz CT molecular complexity index is 432. The maximum atomic E-state index is 12.0. The van der Waals surface area contributed by atoms with E-state index in [0.717, 1.165) is 6.42 Å². The van der Waals surface area contributed by atoms with Crippen LogP contribution in [0.4, 0.5) is 0 Å². The van der Waals surface area contributed by atoms with Gasteiger partial charge in [-0.3, -0.25) is 9.59 Å². The SMILES string of the molecule is CC(O)CCCNC(=O)CN(C)C(=O)c1ccccc1. The minimum Gasteiger partial charge on any atom is -0.393 e. The van der Waals surface area contributed by atoms with Gasteiger partial charge in [-0.25, -0.2) is 0 Å². The molecule has 1 atom stereocenters. The van der Waals surface area contributed by atoms with E-state index in [0.29, 0.717) is 18.5 Å². The summed E-state index contributed by atoms with van der Waals surface area (Å²) in [5.74, 6) is -0.368. The molecule has 0 saturated heterocycles. The Kier molecular flexibility index (Phi) is 6.73. The molecule has 0 heterocycles. The third-order valence-corrected chi connectivity index (χ3v) is 2.87. The second kappa shape index (κ2) is 8.32. The maximum Gasteiger partial charge on any atom is 0.254 e. The Hall–Kier alpha value is -1.88. The summed E-state index contributed by atoms with van der Waals surface area (Å²) in [6.07, 6.45) is 1.02. The van der Waals surface area contributed by atoms with Gasteiger partial charge in [-0.2, -0.15) is 0 Å². The molecule has 0 aliphatic rings. The molecule has 1 rings (SSSR count). The van der Waals surface area contributed by atoms with Crippen LogP contribution in [0.5, 0.6) is 0 Å². The summed E-state index contributed by atoms with van der Waals surface area (Å²) in [6, 6.07) is 8.86. The van der Waals surface area contributed by atoms with Gasteiger partial charge in [-0.05, 0) is 31.9 Å². The van der Waals surface area contributed by atoms with E-state index in [1.54, 1.807) is 38.2 Å². The van der Waals surface area contributed by atoms with Gasteiger partial charge in [0, 0.05) is 19.2 Å². The normalized spacial score (nSPS) is 11.8. The van der Waals surface area contributed by atoms with Crippen molar-refractivity contribution in [3.05, 3.63) is 35.9 Å². The van der Waals surface area contributed by atoms with Crippen LogP contribution < -0.4 is 5.32 Å². The van der Waals surface area contributed by atoms with E-state index in [2.05, 4.69) is 5.32 Å². The van der Waals surface area contributed by atoms with Crippen molar-refractivity contribution in [1.29, 1.82) is 0 Å². The number of benzene rings is 1. The fraction of sp³-hybridized carbons (Fsp3) is 0.467. The number of rotatable bonds is 7. The van der Waals surface area contributed by atoms with Gasteiger partial charge in [-0.15, -0.1) is 0 Å². The summed E-state index contributed by atoms with van der Waals surface area (Å²) in [5, 5.41) is 11.8. The molecular weight excluding hydrogens is 256 g/mol. The predicted octanol–water partition coefficient (Wildman–Crippen LogP) is 1.04. The number of amides is 2. The molecule has 2 N–H and O–H groups in total. The summed E-state index contributed by atoms with van der Waals surface area (Å²) >= 11 is 0. The van der Waals surface area contributed by atoms with Crippen LogP contribution in [0, 0.1) is 0 Å². The van der Waals surface area contributed by atoms with E-state index in [1.807, 2.05) is 6.07 Å². The number of carbonyl (C=O) groups excluding carboxylic acids is 2. The maximum absolute atomic E-state index is 12.0. The zero-order valence-electron chi connectivity index (χ0n) is 12.0. The minimum absolute atomic E-state index is 0.0302. The monoisotopic (exact) mass is 278 g/mol. The minimum atomic E-state index is -0.353. The quantitative estimate of drug-likeness (QED) is 0.732. The number of nitrogens with one attached hydrogen (secondary N) is 1. The average Bonchev–Trinajstić information content (AvgIpc) is 2.43. The molecule has 5 nitrogen and oxygen atoms in total. The molecule has 1 aromatic rings. The Labute approximate surface area is 119 Å². The Morgan fingerprint density at radius 1 is 1.30 bits per heavy atom. The van der Waals surface area contributed by atoms with Gasteiger partial charge in [0.25, 0.3) is 5.91 Å². The number of aliphatic hydroxyl groups excluding tert-OH is 1. The molecule has 0 fully saturated rings. The Morgan fingerprint density at radius 2 is 1.95 bits per heavy atom. The molecule has 0 aliphatic carbocycles. The van der Waals surface area contributed by atoms with Crippen molar-refractivity contribution in [2.75, 3.05) is 20.1 Å². The molecule has 0 bridgehead atoms. The van der Waals surface area contributed by atoms with Gasteiger partial charge >= 0.3 is 0 Å². The van der Waals surface area contributed by atoms with Crippen LogP contribution in [0.2, 0.25) is 0 Å². The smallest absolute Gasteiger partial charge is 0.254 e. The van der Waals surface area contributed by atoms with Gasteiger partial charge in [0.05, 0.1) is 12.6 Å².